The van der Waals surface area contributed by atoms with Crippen molar-refractivity contribution < 1.29 is 10.2 Å². The Morgan fingerprint density at radius 1 is 0.757 bits per heavy atom. The molecule has 0 saturated carbocycles. The molecule has 0 bridgehead atoms. The van der Waals surface area contributed by atoms with Crippen molar-refractivity contribution in [2.24, 2.45) is 20.0 Å². The quantitative estimate of drug-likeness (QED) is 0.480. The van der Waals surface area contributed by atoms with Gasteiger partial charge in [0.15, 0.2) is 10.3 Å². The zero-order chi connectivity index (χ0) is 27.1. The minimum absolute atomic E-state index is 0.0874. The number of hydrogen-bond donors (Lipinski definition) is 0. The number of amidine groups is 2. The van der Waals surface area contributed by atoms with Crippen molar-refractivity contribution in [2.75, 3.05) is 28.2 Å². The number of thiazole rings is 2. The highest BCUT2D eigenvalue weighted by molar-refractivity contribution is 8.18. The van der Waals surface area contributed by atoms with Crippen molar-refractivity contribution in [1.29, 1.82) is 0 Å². The lowest BCUT2D eigenvalue weighted by Gasteiger charge is -2.24. The van der Waals surface area contributed by atoms with Gasteiger partial charge in [-0.1, -0.05) is 0 Å². The van der Waals surface area contributed by atoms with Crippen LogP contribution in [0.5, 0.6) is 0 Å². The Labute approximate surface area is 232 Å². The fraction of sp³-hybridized carbons (Fsp3) is 0.391. The first-order chi connectivity index (χ1) is 17.4. The van der Waals surface area contributed by atoms with Crippen LogP contribution < -0.4 is 10.2 Å². The number of allylic oxidation sites excluding steroid dienone is 2. The normalized spacial score (nSPS) is 21.0. The van der Waals surface area contributed by atoms with Crippen LogP contribution in [0.15, 0.2) is 52.3 Å². The van der Waals surface area contributed by atoms with Crippen LogP contribution in [0.4, 0.5) is 10.3 Å². The van der Waals surface area contributed by atoms with Crippen LogP contribution in [0.1, 0.15) is 39.1 Å². The molecular formula is C23H26N8O2S4-2. The first-order valence-corrected chi connectivity index (χ1v) is 14.5. The van der Waals surface area contributed by atoms with Gasteiger partial charge in [0, 0.05) is 48.8 Å². The Morgan fingerprint density at radius 3 is 1.49 bits per heavy atom. The smallest absolute Gasteiger partial charge is 0.211 e. The van der Waals surface area contributed by atoms with Gasteiger partial charge in [0.2, 0.25) is 10.3 Å². The van der Waals surface area contributed by atoms with E-state index in [4.69, 9.17) is 9.97 Å². The van der Waals surface area contributed by atoms with Crippen molar-refractivity contribution in [3.05, 3.63) is 43.7 Å². The fourth-order valence-electron chi connectivity index (χ4n) is 3.16. The summed E-state index contributed by atoms with van der Waals surface area (Å²) in [5, 5.41) is 30.7. The number of hydrogen-bond acceptors (Lipinski definition) is 12. The third-order valence-corrected chi connectivity index (χ3v) is 8.97. The third-order valence-electron chi connectivity index (χ3n) is 5.42. The lowest BCUT2D eigenvalue weighted by Crippen LogP contribution is -2.24. The van der Waals surface area contributed by atoms with Gasteiger partial charge in [-0.25, -0.2) is 20.0 Å². The molecule has 0 unspecified atom stereocenters. The van der Waals surface area contributed by atoms with Gasteiger partial charge in [-0.05, 0) is 63.0 Å². The molecular weight excluding hydrogens is 549 g/mol. The van der Waals surface area contributed by atoms with E-state index in [9.17, 15) is 10.2 Å². The van der Waals surface area contributed by atoms with E-state index in [1.165, 1.54) is 56.0 Å². The Balaban J connectivity index is 1.52. The van der Waals surface area contributed by atoms with Crippen LogP contribution in [-0.2, 0) is 5.41 Å². The molecule has 4 heterocycles. The largest absolute Gasteiger partial charge is 0.860 e. The maximum Gasteiger partial charge on any atom is 0.211 e. The highest BCUT2D eigenvalue weighted by Gasteiger charge is 2.30. The highest BCUT2D eigenvalue weighted by atomic mass is 32.2. The summed E-state index contributed by atoms with van der Waals surface area (Å²) in [6.45, 7) is 7.71. The molecule has 2 aliphatic rings. The monoisotopic (exact) mass is 574 g/mol. The SMILES string of the molecule is CC1=NC(=Nc2nc(C(C)(C)c3csc(N=C4N=C(C)C(=C([O-])N(C)C)S4)n3)cs2)SC1=C([O-])N(C)C. The van der Waals surface area contributed by atoms with Crippen LogP contribution in [0.3, 0.4) is 0 Å². The molecule has 2 aromatic heterocycles. The Bertz CT molecular complexity index is 1300. The van der Waals surface area contributed by atoms with Crippen LogP contribution in [0, 0.1) is 0 Å². The molecule has 10 nitrogen and oxygen atoms in total. The maximum absolute atomic E-state index is 12.3. The molecule has 14 heteroatoms. The topological polar surface area (TPSA) is 128 Å². The number of rotatable bonds is 6. The molecule has 2 aromatic rings. The van der Waals surface area contributed by atoms with E-state index in [2.05, 4.69) is 20.0 Å². The van der Waals surface area contributed by atoms with Gasteiger partial charge in [-0.15, -0.1) is 22.7 Å². The van der Waals surface area contributed by atoms with Crippen LogP contribution in [-0.4, -0.2) is 69.7 Å². The second-order valence-electron chi connectivity index (χ2n) is 9.10. The summed E-state index contributed by atoms with van der Waals surface area (Å²) in [6.07, 6.45) is 0. The minimum Gasteiger partial charge on any atom is -0.860 e. The van der Waals surface area contributed by atoms with Gasteiger partial charge >= 0.3 is 0 Å². The van der Waals surface area contributed by atoms with E-state index in [0.717, 1.165) is 11.4 Å². The zero-order valence-corrected chi connectivity index (χ0v) is 24.9. The fourth-order valence-corrected chi connectivity index (χ4v) is 6.91. The molecule has 0 amide bonds. The highest BCUT2D eigenvalue weighted by Crippen LogP contribution is 2.38. The molecule has 0 atom stereocenters. The van der Waals surface area contributed by atoms with Gasteiger partial charge in [-0.2, -0.15) is 9.98 Å². The molecule has 4 rings (SSSR count). The first-order valence-electron chi connectivity index (χ1n) is 11.1. The average Bonchev–Trinajstić information content (AvgIpc) is 3.61. The summed E-state index contributed by atoms with van der Waals surface area (Å²) in [6, 6.07) is 0. The van der Waals surface area contributed by atoms with Gasteiger partial charge < -0.3 is 20.0 Å². The summed E-state index contributed by atoms with van der Waals surface area (Å²) in [7, 11) is 6.86. The van der Waals surface area contributed by atoms with Crippen molar-refractivity contribution in [3.8, 4) is 0 Å². The molecule has 0 radical (unpaired) electrons. The summed E-state index contributed by atoms with van der Waals surface area (Å²) in [5.74, 6) is -0.175. The Morgan fingerprint density at radius 2 is 1.14 bits per heavy atom. The zero-order valence-electron chi connectivity index (χ0n) is 21.7. The summed E-state index contributed by atoms with van der Waals surface area (Å²) in [4.78, 5) is 31.6. The molecule has 0 spiro atoms. The predicted octanol–water partition coefficient (Wildman–Crippen LogP) is 3.50. The summed E-state index contributed by atoms with van der Waals surface area (Å²) in [5.41, 5.74) is 2.49. The second kappa shape index (κ2) is 10.6. The van der Waals surface area contributed by atoms with Gasteiger partial charge in [0.1, 0.15) is 0 Å². The Kier molecular flexibility index (Phi) is 7.83. The number of aromatic nitrogens is 2. The molecule has 37 heavy (non-hydrogen) atoms. The standard InChI is InChI=1S/C23H28N8O2S4/c1-11-15(17(32)30(5)6)36-21(24-11)28-19-26-13(9-34-19)23(3,4)14-10-35-20(27-14)29-22-25-12(2)16(37-22)18(33)31(7)8/h9-10,32-33H,1-8H3/p-2. The average molecular weight is 575 g/mol. The van der Waals surface area contributed by atoms with Crippen molar-refractivity contribution in [2.45, 2.75) is 33.1 Å². The molecule has 2 aliphatic heterocycles. The van der Waals surface area contributed by atoms with Crippen molar-refractivity contribution in [3.63, 3.8) is 0 Å². The van der Waals surface area contributed by atoms with E-state index < -0.39 is 5.41 Å². The van der Waals surface area contributed by atoms with Crippen LogP contribution in [0.2, 0.25) is 0 Å². The molecule has 0 aromatic carbocycles. The Hall–Kier alpha value is -2.68. The van der Waals surface area contributed by atoms with E-state index in [0.29, 0.717) is 41.8 Å². The lowest BCUT2D eigenvalue weighted by molar-refractivity contribution is -0.329. The van der Waals surface area contributed by atoms with Gasteiger partial charge in [0.25, 0.3) is 0 Å². The molecule has 0 saturated heterocycles. The molecule has 0 N–H and O–H groups in total. The number of thioether (sulfide) groups is 2. The number of nitrogens with zero attached hydrogens (tertiary/aromatic N) is 8. The minimum atomic E-state index is -0.482. The van der Waals surface area contributed by atoms with E-state index in [-0.39, 0.29) is 11.8 Å². The van der Waals surface area contributed by atoms with E-state index >= 15 is 0 Å². The van der Waals surface area contributed by atoms with Crippen molar-refractivity contribution >= 4 is 78.2 Å². The van der Waals surface area contributed by atoms with Crippen LogP contribution >= 0.6 is 46.2 Å². The van der Waals surface area contributed by atoms with E-state index in [1.807, 2.05) is 38.5 Å². The van der Waals surface area contributed by atoms with Crippen molar-refractivity contribution in [1.82, 2.24) is 19.8 Å². The second-order valence-corrected chi connectivity index (χ2v) is 12.7. The molecule has 0 fully saturated rings. The lowest BCUT2D eigenvalue weighted by atomic mass is 9.87. The third kappa shape index (κ3) is 5.76. The summed E-state index contributed by atoms with van der Waals surface area (Å²) >= 11 is 5.35. The number of aliphatic imine (C=N–C) groups is 4. The maximum atomic E-state index is 12.3. The first kappa shape index (κ1) is 27.4. The van der Waals surface area contributed by atoms with Crippen LogP contribution in [0.25, 0.3) is 0 Å². The van der Waals surface area contributed by atoms with Gasteiger partial charge in [0.05, 0.1) is 28.2 Å². The molecule has 0 aliphatic carbocycles. The predicted molar refractivity (Wildman–Crippen MR) is 153 cm³/mol. The molecule has 196 valence electrons. The summed E-state index contributed by atoms with van der Waals surface area (Å²) < 4.78 is 0. The van der Waals surface area contributed by atoms with Gasteiger partial charge in [-0.3, -0.25) is 0 Å². The van der Waals surface area contributed by atoms with E-state index in [1.54, 1.807) is 28.2 Å².